The van der Waals surface area contributed by atoms with E-state index in [1.807, 2.05) is 31.6 Å². The fourth-order valence-electron chi connectivity index (χ4n) is 2.68. The molecule has 0 fully saturated rings. The van der Waals surface area contributed by atoms with E-state index in [2.05, 4.69) is 52.0 Å². The summed E-state index contributed by atoms with van der Waals surface area (Å²) in [5.41, 5.74) is 4.69. The molecule has 20 heavy (non-hydrogen) atoms. The quantitative estimate of drug-likeness (QED) is 0.780. The number of hydrogen-bond donors (Lipinski definition) is 1. The highest BCUT2D eigenvalue weighted by Gasteiger charge is 2.07. The van der Waals surface area contributed by atoms with E-state index < -0.39 is 0 Å². The number of nitrogens with one attached hydrogen (secondary N) is 1. The molecule has 0 amide bonds. The highest BCUT2D eigenvalue weighted by atomic mass is 15.0. The molecular weight excluding hydrogens is 246 g/mol. The van der Waals surface area contributed by atoms with E-state index >= 15 is 0 Å². The predicted molar refractivity (Wildman–Crippen MR) is 82.7 cm³/mol. The van der Waals surface area contributed by atoms with Crippen molar-refractivity contribution in [2.75, 3.05) is 7.05 Å². The van der Waals surface area contributed by atoms with Gasteiger partial charge >= 0.3 is 0 Å². The summed E-state index contributed by atoms with van der Waals surface area (Å²) in [6.45, 7) is 2.20. The maximum absolute atomic E-state index is 4.33. The summed E-state index contributed by atoms with van der Waals surface area (Å²) >= 11 is 0. The SMILES string of the molecule is CCC(NC)c1ccc(-c2cccc3nccn23)cc1. The lowest BCUT2D eigenvalue weighted by atomic mass is 10.0. The van der Waals surface area contributed by atoms with E-state index in [1.165, 1.54) is 16.8 Å². The fraction of sp³-hybridized carbons (Fsp3) is 0.235. The molecule has 102 valence electrons. The first-order valence-electron chi connectivity index (χ1n) is 7.03. The second-order valence-electron chi connectivity index (χ2n) is 4.94. The van der Waals surface area contributed by atoms with Crippen LogP contribution in [-0.2, 0) is 0 Å². The van der Waals surface area contributed by atoms with Gasteiger partial charge in [0.1, 0.15) is 5.65 Å². The molecule has 1 aromatic carbocycles. The molecule has 1 atom stereocenters. The Morgan fingerprint density at radius 3 is 2.65 bits per heavy atom. The Balaban J connectivity index is 2.01. The summed E-state index contributed by atoms with van der Waals surface area (Å²) in [6, 6.07) is 15.4. The lowest BCUT2D eigenvalue weighted by Gasteiger charge is -2.15. The van der Waals surface area contributed by atoms with Crippen LogP contribution in [0.25, 0.3) is 16.9 Å². The third-order valence-corrected chi connectivity index (χ3v) is 3.79. The first-order chi connectivity index (χ1) is 9.83. The van der Waals surface area contributed by atoms with Crippen LogP contribution in [-0.4, -0.2) is 16.4 Å². The van der Waals surface area contributed by atoms with Gasteiger partial charge in [0.2, 0.25) is 0 Å². The van der Waals surface area contributed by atoms with Crippen molar-refractivity contribution in [1.82, 2.24) is 14.7 Å². The van der Waals surface area contributed by atoms with Gasteiger partial charge in [-0.25, -0.2) is 4.98 Å². The largest absolute Gasteiger partial charge is 0.313 e. The molecule has 0 aliphatic rings. The molecule has 3 heteroatoms. The van der Waals surface area contributed by atoms with Gasteiger partial charge in [-0.3, -0.25) is 4.40 Å². The first-order valence-corrected chi connectivity index (χ1v) is 7.03. The lowest BCUT2D eigenvalue weighted by molar-refractivity contribution is 0.577. The van der Waals surface area contributed by atoms with Crippen molar-refractivity contribution < 1.29 is 0 Å². The van der Waals surface area contributed by atoms with E-state index in [0.717, 1.165) is 12.1 Å². The Kier molecular flexibility index (Phi) is 3.52. The number of hydrogen-bond acceptors (Lipinski definition) is 2. The van der Waals surface area contributed by atoms with Crippen LogP contribution in [0.2, 0.25) is 0 Å². The third kappa shape index (κ3) is 2.21. The number of rotatable bonds is 4. The molecule has 0 saturated carbocycles. The Hall–Kier alpha value is -2.13. The molecule has 0 bridgehead atoms. The zero-order valence-corrected chi connectivity index (χ0v) is 11.9. The summed E-state index contributed by atoms with van der Waals surface area (Å²) in [6.07, 6.45) is 4.93. The second-order valence-corrected chi connectivity index (χ2v) is 4.94. The molecule has 3 aromatic rings. The molecule has 2 heterocycles. The molecule has 0 radical (unpaired) electrons. The van der Waals surface area contributed by atoms with Gasteiger partial charge in [-0.1, -0.05) is 37.3 Å². The zero-order valence-electron chi connectivity index (χ0n) is 11.9. The van der Waals surface area contributed by atoms with Crippen molar-refractivity contribution in [3.63, 3.8) is 0 Å². The van der Waals surface area contributed by atoms with Crippen molar-refractivity contribution in [2.24, 2.45) is 0 Å². The van der Waals surface area contributed by atoms with Crippen LogP contribution in [0.1, 0.15) is 24.9 Å². The number of benzene rings is 1. The van der Waals surface area contributed by atoms with Crippen LogP contribution in [0.3, 0.4) is 0 Å². The average molecular weight is 265 g/mol. The van der Waals surface area contributed by atoms with Gasteiger partial charge in [0, 0.05) is 18.4 Å². The minimum atomic E-state index is 0.424. The van der Waals surface area contributed by atoms with Crippen LogP contribution in [0, 0.1) is 0 Å². The smallest absolute Gasteiger partial charge is 0.137 e. The molecule has 0 aliphatic carbocycles. The molecule has 0 saturated heterocycles. The third-order valence-electron chi connectivity index (χ3n) is 3.79. The number of pyridine rings is 1. The second kappa shape index (κ2) is 5.47. The van der Waals surface area contributed by atoms with Gasteiger partial charge in [0.05, 0.1) is 5.69 Å². The molecule has 1 N–H and O–H groups in total. The summed E-state index contributed by atoms with van der Waals surface area (Å²) in [4.78, 5) is 4.33. The van der Waals surface area contributed by atoms with Gasteiger partial charge in [0.15, 0.2) is 0 Å². The number of aromatic nitrogens is 2. The van der Waals surface area contributed by atoms with Crippen molar-refractivity contribution in [3.05, 3.63) is 60.4 Å². The van der Waals surface area contributed by atoms with Gasteiger partial charge in [-0.05, 0) is 36.7 Å². The van der Waals surface area contributed by atoms with Crippen molar-refractivity contribution >= 4 is 5.65 Å². The topological polar surface area (TPSA) is 29.3 Å². The summed E-state index contributed by atoms with van der Waals surface area (Å²) in [5.74, 6) is 0. The highest BCUT2D eigenvalue weighted by Crippen LogP contribution is 2.23. The zero-order chi connectivity index (χ0) is 13.9. The monoisotopic (exact) mass is 265 g/mol. The van der Waals surface area contributed by atoms with E-state index in [9.17, 15) is 0 Å². The average Bonchev–Trinajstić information content (AvgIpc) is 2.98. The van der Waals surface area contributed by atoms with Crippen LogP contribution in [0.5, 0.6) is 0 Å². The Labute approximate surface area is 119 Å². The summed E-state index contributed by atoms with van der Waals surface area (Å²) < 4.78 is 2.12. The normalized spacial score (nSPS) is 12.7. The van der Waals surface area contributed by atoms with E-state index in [4.69, 9.17) is 0 Å². The van der Waals surface area contributed by atoms with E-state index in [0.29, 0.717) is 6.04 Å². The molecule has 0 spiro atoms. The van der Waals surface area contributed by atoms with Crippen LogP contribution in [0.4, 0.5) is 0 Å². The number of nitrogens with zero attached hydrogens (tertiary/aromatic N) is 2. The molecule has 3 rings (SSSR count). The van der Waals surface area contributed by atoms with Crippen LogP contribution < -0.4 is 5.32 Å². The Morgan fingerprint density at radius 1 is 1.15 bits per heavy atom. The van der Waals surface area contributed by atoms with Gasteiger partial charge in [-0.15, -0.1) is 0 Å². The number of imidazole rings is 1. The van der Waals surface area contributed by atoms with Crippen molar-refractivity contribution in [2.45, 2.75) is 19.4 Å². The maximum atomic E-state index is 4.33. The molecule has 1 unspecified atom stereocenters. The molecular formula is C17H19N3. The van der Waals surface area contributed by atoms with Crippen LogP contribution in [0.15, 0.2) is 54.9 Å². The Morgan fingerprint density at radius 2 is 1.95 bits per heavy atom. The van der Waals surface area contributed by atoms with Crippen LogP contribution >= 0.6 is 0 Å². The molecule has 2 aromatic heterocycles. The standard InChI is InChI=1S/C17H19N3/c1-3-15(18-2)13-7-9-14(10-8-13)16-5-4-6-17-19-11-12-20(16)17/h4-12,15,18H,3H2,1-2H3. The molecule has 3 nitrogen and oxygen atoms in total. The minimum absolute atomic E-state index is 0.424. The van der Waals surface area contributed by atoms with E-state index in [1.54, 1.807) is 0 Å². The lowest BCUT2D eigenvalue weighted by Crippen LogP contribution is -2.14. The van der Waals surface area contributed by atoms with Gasteiger partial charge in [0.25, 0.3) is 0 Å². The summed E-state index contributed by atoms with van der Waals surface area (Å²) in [7, 11) is 2.01. The van der Waals surface area contributed by atoms with Gasteiger partial charge < -0.3 is 5.32 Å². The van der Waals surface area contributed by atoms with E-state index in [-0.39, 0.29) is 0 Å². The van der Waals surface area contributed by atoms with Gasteiger partial charge in [-0.2, -0.15) is 0 Å². The van der Waals surface area contributed by atoms with Crippen molar-refractivity contribution in [3.8, 4) is 11.3 Å². The minimum Gasteiger partial charge on any atom is -0.313 e. The number of fused-ring (bicyclic) bond motifs is 1. The first kappa shape index (κ1) is 12.9. The van der Waals surface area contributed by atoms with Crippen molar-refractivity contribution in [1.29, 1.82) is 0 Å². The predicted octanol–water partition coefficient (Wildman–Crippen LogP) is 3.67. The Bertz CT molecular complexity index is 694. The summed E-state index contributed by atoms with van der Waals surface area (Å²) in [5, 5.41) is 3.34. The maximum Gasteiger partial charge on any atom is 0.137 e. The highest BCUT2D eigenvalue weighted by molar-refractivity contribution is 5.63. The fourth-order valence-corrected chi connectivity index (χ4v) is 2.68. The molecule has 0 aliphatic heterocycles.